The predicted octanol–water partition coefficient (Wildman–Crippen LogP) is 3.57. The van der Waals surface area contributed by atoms with Crippen LogP contribution in [-0.4, -0.2) is 60.6 Å². The highest BCUT2D eigenvalue weighted by Gasteiger charge is 2.52. The molecule has 2 aliphatic carbocycles. The van der Waals surface area contributed by atoms with Gasteiger partial charge in [-0.05, 0) is 91.0 Å². The summed E-state index contributed by atoms with van der Waals surface area (Å²) in [6.45, 7) is 10.9. The molecule has 8 nitrogen and oxygen atoms in total. The SMILES string of the molecule is C=C(NC)c1ccc2c(c1)CCc1cc(C(=O)NC)ccc1C2(C[C@H](C)NCC(=C)N1C(C#N)C[C@@H]2C[C@@H]21)C(=O)O. The van der Waals surface area contributed by atoms with Gasteiger partial charge in [0.1, 0.15) is 11.5 Å². The van der Waals surface area contributed by atoms with Gasteiger partial charge in [-0.15, -0.1) is 0 Å². The van der Waals surface area contributed by atoms with Gasteiger partial charge in [-0.2, -0.15) is 5.26 Å². The number of hydrogen-bond donors (Lipinski definition) is 4. The summed E-state index contributed by atoms with van der Waals surface area (Å²) in [6, 6.07) is 13.8. The number of carbonyl (C=O) groups excluding carboxylic acids is 1. The zero-order valence-electron chi connectivity index (χ0n) is 24.1. The summed E-state index contributed by atoms with van der Waals surface area (Å²) in [5.41, 5.74) is 5.05. The molecule has 8 heteroatoms. The van der Waals surface area contributed by atoms with E-state index >= 15 is 0 Å². The van der Waals surface area contributed by atoms with Crippen LogP contribution in [0.3, 0.4) is 0 Å². The first kappa shape index (κ1) is 28.4. The third-order valence-electron chi connectivity index (χ3n) is 9.18. The molecule has 2 fully saturated rings. The number of rotatable bonds is 10. The lowest BCUT2D eigenvalue weighted by molar-refractivity contribution is -0.142. The molecule has 0 radical (unpaired) electrons. The van der Waals surface area contributed by atoms with E-state index < -0.39 is 11.4 Å². The summed E-state index contributed by atoms with van der Waals surface area (Å²) in [5, 5.41) is 30.0. The van der Waals surface area contributed by atoms with Crippen molar-refractivity contribution in [3.63, 3.8) is 0 Å². The van der Waals surface area contributed by atoms with Crippen molar-refractivity contribution in [2.24, 2.45) is 5.92 Å². The van der Waals surface area contributed by atoms with Crippen LogP contribution in [-0.2, 0) is 23.1 Å². The number of carboxylic acids is 1. The van der Waals surface area contributed by atoms with Gasteiger partial charge in [0.25, 0.3) is 5.91 Å². The van der Waals surface area contributed by atoms with Gasteiger partial charge in [0.2, 0.25) is 0 Å². The van der Waals surface area contributed by atoms with Crippen LogP contribution in [0.4, 0.5) is 0 Å². The van der Waals surface area contributed by atoms with Gasteiger partial charge in [0.05, 0.1) is 6.07 Å². The Morgan fingerprint density at radius 3 is 2.29 bits per heavy atom. The summed E-state index contributed by atoms with van der Waals surface area (Å²) in [7, 11) is 3.41. The summed E-state index contributed by atoms with van der Waals surface area (Å²) in [4.78, 5) is 28.1. The van der Waals surface area contributed by atoms with Gasteiger partial charge in [0, 0.05) is 49.7 Å². The number of amides is 1. The Bertz CT molecular complexity index is 1390. The Morgan fingerprint density at radius 1 is 1.07 bits per heavy atom. The predicted molar refractivity (Wildman–Crippen MR) is 159 cm³/mol. The van der Waals surface area contributed by atoms with Crippen molar-refractivity contribution >= 4 is 17.6 Å². The van der Waals surface area contributed by atoms with Crippen molar-refractivity contribution in [1.29, 1.82) is 5.26 Å². The minimum absolute atomic E-state index is 0.134. The fourth-order valence-corrected chi connectivity index (χ4v) is 6.95. The molecule has 5 atom stereocenters. The molecule has 3 aliphatic rings. The lowest BCUT2D eigenvalue weighted by Gasteiger charge is -2.36. The van der Waals surface area contributed by atoms with Crippen LogP contribution in [0.1, 0.15) is 64.4 Å². The van der Waals surface area contributed by atoms with Gasteiger partial charge in [-0.1, -0.05) is 31.4 Å². The van der Waals surface area contributed by atoms with Crippen LogP contribution in [0.5, 0.6) is 0 Å². The quantitative estimate of drug-likeness (QED) is 0.355. The molecule has 1 aliphatic heterocycles. The summed E-state index contributed by atoms with van der Waals surface area (Å²) in [5.74, 6) is -0.536. The molecule has 2 unspecified atom stereocenters. The number of nitriles is 1. The molecule has 4 N–H and O–H groups in total. The lowest BCUT2D eigenvalue weighted by atomic mass is 9.68. The van der Waals surface area contributed by atoms with Crippen LogP contribution in [0.2, 0.25) is 0 Å². The smallest absolute Gasteiger partial charge is 0.318 e. The van der Waals surface area contributed by atoms with E-state index in [2.05, 4.69) is 40.1 Å². The zero-order chi connectivity index (χ0) is 29.5. The van der Waals surface area contributed by atoms with Crippen molar-refractivity contribution in [2.75, 3.05) is 20.6 Å². The standard InChI is InChI=1S/C33H39N5O3/c1-19(37-18-20(2)38-27(17-34)14-26-15-30(26)38)16-33(32(40)41)28-10-8-22(21(3)35-4)12-23(28)6-7-24-13-25(31(39)36-5)9-11-29(24)33/h8-13,19,26-27,30,35,37H,2-3,6-7,14-16,18H2,1,4-5H3,(H,36,39)(H,40,41)/t19-,26+,27?,30-,33?/m0/s1. The summed E-state index contributed by atoms with van der Waals surface area (Å²) >= 11 is 0. The Morgan fingerprint density at radius 2 is 1.71 bits per heavy atom. The molecule has 2 aromatic carbocycles. The van der Waals surface area contributed by atoms with Crippen molar-refractivity contribution in [2.45, 2.75) is 62.6 Å². The molecule has 214 valence electrons. The first-order valence-electron chi connectivity index (χ1n) is 14.3. The fraction of sp³-hybridized carbons (Fsp3) is 0.424. The van der Waals surface area contributed by atoms with Crippen LogP contribution in [0, 0.1) is 17.2 Å². The van der Waals surface area contributed by atoms with Crippen molar-refractivity contribution < 1.29 is 14.7 Å². The second-order valence-electron chi connectivity index (χ2n) is 11.7. The topological polar surface area (TPSA) is 117 Å². The molecule has 2 aromatic rings. The van der Waals surface area contributed by atoms with E-state index in [1.165, 1.54) is 0 Å². The molecule has 1 saturated carbocycles. The molecule has 5 rings (SSSR count). The molecule has 0 aromatic heterocycles. The maximum absolute atomic E-state index is 13.5. The van der Waals surface area contributed by atoms with Crippen molar-refractivity contribution in [1.82, 2.24) is 20.9 Å². The average Bonchev–Trinajstić information content (AvgIpc) is 3.67. The maximum atomic E-state index is 13.5. The monoisotopic (exact) mass is 553 g/mol. The maximum Gasteiger partial charge on any atom is 0.318 e. The Labute approximate surface area is 242 Å². The Balaban J connectivity index is 1.51. The molecular weight excluding hydrogens is 514 g/mol. The highest BCUT2D eigenvalue weighted by Crippen LogP contribution is 2.49. The number of benzene rings is 2. The molecule has 1 amide bonds. The average molecular weight is 554 g/mol. The zero-order valence-corrected chi connectivity index (χ0v) is 24.1. The number of aryl methyl sites for hydroxylation is 2. The van der Waals surface area contributed by atoms with E-state index in [9.17, 15) is 20.0 Å². The molecule has 0 bridgehead atoms. The van der Waals surface area contributed by atoms with E-state index in [-0.39, 0.29) is 18.0 Å². The number of nitrogens with zero attached hydrogens (tertiary/aromatic N) is 2. The normalized spacial score (nSPS) is 24.5. The molecular formula is C33H39N5O3. The minimum atomic E-state index is -1.33. The van der Waals surface area contributed by atoms with Gasteiger partial charge >= 0.3 is 5.97 Å². The number of carbonyl (C=O) groups is 2. The van der Waals surface area contributed by atoms with Crippen LogP contribution in [0.25, 0.3) is 5.70 Å². The first-order valence-corrected chi connectivity index (χ1v) is 14.3. The van der Waals surface area contributed by atoms with E-state index in [1.807, 2.05) is 44.3 Å². The number of hydrogen-bond acceptors (Lipinski definition) is 6. The molecule has 0 spiro atoms. The molecule has 41 heavy (non-hydrogen) atoms. The van der Waals surface area contributed by atoms with E-state index in [0.717, 1.165) is 46.5 Å². The number of fused-ring (bicyclic) bond motifs is 3. The van der Waals surface area contributed by atoms with E-state index in [0.29, 0.717) is 48.9 Å². The Kier molecular flexibility index (Phi) is 7.67. The number of piperidine rings is 1. The van der Waals surface area contributed by atoms with Gasteiger partial charge in [-0.3, -0.25) is 9.59 Å². The van der Waals surface area contributed by atoms with Gasteiger partial charge < -0.3 is 26.0 Å². The van der Waals surface area contributed by atoms with Crippen LogP contribution in [0.15, 0.2) is 55.3 Å². The molecule has 1 saturated heterocycles. The second-order valence-corrected chi connectivity index (χ2v) is 11.7. The van der Waals surface area contributed by atoms with Crippen molar-refractivity contribution in [3.8, 4) is 6.07 Å². The lowest BCUT2D eigenvalue weighted by Crippen LogP contribution is -2.45. The largest absolute Gasteiger partial charge is 0.480 e. The number of nitrogens with one attached hydrogen (secondary N) is 3. The highest BCUT2D eigenvalue weighted by atomic mass is 16.4. The van der Waals surface area contributed by atoms with E-state index in [1.54, 1.807) is 13.1 Å². The van der Waals surface area contributed by atoms with Crippen LogP contribution < -0.4 is 16.0 Å². The van der Waals surface area contributed by atoms with Crippen LogP contribution >= 0.6 is 0 Å². The fourth-order valence-electron chi connectivity index (χ4n) is 6.95. The van der Waals surface area contributed by atoms with Crippen molar-refractivity contribution in [3.05, 3.63) is 88.6 Å². The third kappa shape index (κ3) is 5.00. The number of carboxylic acid groups (broad SMARTS) is 1. The summed E-state index contributed by atoms with van der Waals surface area (Å²) in [6.07, 6.45) is 3.57. The van der Waals surface area contributed by atoms with Gasteiger partial charge in [0.15, 0.2) is 0 Å². The summed E-state index contributed by atoms with van der Waals surface area (Å²) < 4.78 is 0. The highest BCUT2D eigenvalue weighted by molar-refractivity contribution is 5.95. The Hall–Kier alpha value is -4.09. The third-order valence-corrected chi connectivity index (χ3v) is 9.18. The minimum Gasteiger partial charge on any atom is -0.480 e. The second kappa shape index (κ2) is 11.1. The first-order chi connectivity index (χ1) is 19.6. The number of aliphatic carboxylic acids is 1. The van der Waals surface area contributed by atoms with E-state index in [4.69, 9.17) is 0 Å². The molecule has 1 heterocycles. The van der Waals surface area contributed by atoms with Gasteiger partial charge in [-0.25, -0.2) is 0 Å². The number of likely N-dealkylation sites (tertiary alicyclic amines) is 1.